The van der Waals surface area contributed by atoms with Crippen LogP contribution in [0.5, 0.6) is 0 Å². The number of amides is 1. The molecule has 15 heavy (non-hydrogen) atoms. The van der Waals surface area contributed by atoms with Gasteiger partial charge in [-0.1, -0.05) is 0 Å². The van der Waals surface area contributed by atoms with Crippen molar-refractivity contribution in [2.24, 2.45) is 5.73 Å². The predicted octanol–water partition coefficient (Wildman–Crippen LogP) is -0.601. The van der Waals surface area contributed by atoms with Gasteiger partial charge in [0.05, 0.1) is 18.2 Å². The number of nitrogens with one attached hydrogen (secondary N) is 1. The average Bonchev–Trinajstić information content (AvgIpc) is 2.71. The van der Waals surface area contributed by atoms with Crippen molar-refractivity contribution in [1.82, 2.24) is 5.32 Å². The first kappa shape index (κ1) is 10.9. The highest BCUT2D eigenvalue weighted by atomic mass is 16.5. The van der Waals surface area contributed by atoms with Crippen LogP contribution in [0.25, 0.3) is 0 Å². The maximum Gasteiger partial charge on any atom is 0.240 e. The lowest BCUT2D eigenvalue weighted by Gasteiger charge is -2.32. The molecule has 1 atom stereocenters. The van der Waals surface area contributed by atoms with Gasteiger partial charge in [-0.15, -0.1) is 0 Å². The molecular formula is C10H18N2O3. The van der Waals surface area contributed by atoms with Crippen LogP contribution in [0.1, 0.15) is 19.3 Å². The normalized spacial score (nSPS) is 30.1. The fourth-order valence-electron chi connectivity index (χ4n) is 1.94. The second kappa shape index (κ2) is 4.47. The van der Waals surface area contributed by atoms with E-state index in [9.17, 15) is 4.79 Å². The molecule has 5 heteroatoms. The van der Waals surface area contributed by atoms with Crippen molar-refractivity contribution in [3.05, 3.63) is 0 Å². The molecule has 0 aliphatic carbocycles. The minimum Gasteiger partial charge on any atom is -0.381 e. The summed E-state index contributed by atoms with van der Waals surface area (Å²) in [6, 6.07) is 0.140. The van der Waals surface area contributed by atoms with E-state index in [1.54, 1.807) is 0 Å². The van der Waals surface area contributed by atoms with Gasteiger partial charge in [0.15, 0.2) is 0 Å². The van der Waals surface area contributed by atoms with Gasteiger partial charge in [-0.3, -0.25) is 4.79 Å². The fourth-order valence-corrected chi connectivity index (χ4v) is 1.94. The third-order valence-electron chi connectivity index (χ3n) is 3.10. The molecule has 5 nitrogen and oxygen atoms in total. The van der Waals surface area contributed by atoms with Gasteiger partial charge in [0.2, 0.25) is 5.91 Å². The van der Waals surface area contributed by atoms with E-state index in [1.807, 2.05) is 0 Å². The highest BCUT2D eigenvalue weighted by molar-refractivity contribution is 5.86. The molecule has 2 heterocycles. The second-order valence-corrected chi connectivity index (χ2v) is 4.30. The van der Waals surface area contributed by atoms with Crippen LogP contribution in [-0.2, 0) is 14.3 Å². The average molecular weight is 214 g/mol. The maximum absolute atomic E-state index is 11.9. The van der Waals surface area contributed by atoms with Crippen LogP contribution in [-0.4, -0.2) is 43.9 Å². The Balaban J connectivity index is 1.87. The molecule has 0 aromatic carbocycles. The Hall–Kier alpha value is -0.650. The van der Waals surface area contributed by atoms with Crippen molar-refractivity contribution in [2.45, 2.75) is 30.8 Å². The van der Waals surface area contributed by atoms with Gasteiger partial charge in [0.1, 0.15) is 0 Å². The zero-order valence-corrected chi connectivity index (χ0v) is 8.83. The van der Waals surface area contributed by atoms with Gasteiger partial charge in [0, 0.05) is 19.8 Å². The molecule has 3 N–H and O–H groups in total. The van der Waals surface area contributed by atoms with E-state index in [1.165, 1.54) is 0 Å². The van der Waals surface area contributed by atoms with E-state index in [0.29, 0.717) is 32.7 Å². The van der Waals surface area contributed by atoms with Gasteiger partial charge >= 0.3 is 0 Å². The molecule has 0 bridgehead atoms. The number of nitrogens with two attached hydrogens (primary N) is 1. The van der Waals surface area contributed by atoms with Crippen molar-refractivity contribution >= 4 is 5.91 Å². The third kappa shape index (κ3) is 2.48. The molecule has 0 aromatic rings. The van der Waals surface area contributed by atoms with Crippen LogP contribution in [0.4, 0.5) is 0 Å². The molecular weight excluding hydrogens is 196 g/mol. The van der Waals surface area contributed by atoms with Crippen LogP contribution >= 0.6 is 0 Å². The first-order chi connectivity index (χ1) is 7.21. The quantitative estimate of drug-likeness (QED) is 0.643. The topological polar surface area (TPSA) is 73.6 Å². The lowest BCUT2D eigenvalue weighted by atomic mass is 9.90. The van der Waals surface area contributed by atoms with Crippen LogP contribution in [0.2, 0.25) is 0 Å². The zero-order valence-electron chi connectivity index (χ0n) is 8.83. The number of hydrogen-bond donors (Lipinski definition) is 2. The van der Waals surface area contributed by atoms with E-state index < -0.39 is 5.54 Å². The Bertz CT molecular complexity index is 233. The molecule has 0 saturated carbocycles. The lowest BCUT2D eigenvalue weighted by molar-refractivity contribution is -0.130. The standard InChI is InChI=1S/C10H18N2O3/c11-10(2-5-14-6-3-10)9(13)12-8-1-4-15-7-8/h8H,1-7,11H2,(H,12,13). The molecule has 2 rings (SSSR count). The number of rotatable bonds is 2. The van der Waals surface area contributed by atoms with Crippen LogP contribution in [0, 0.1) is 0 Å². The predicted molar refractivity (Wildman–Crippen MR) is 54.3 cm³/mol. The van der Waals surface area contributed by atoms with Gasteiger partial charge in [-0.05, 0) is 19.3 Å². The molecule has 0 aromatic heterocycles. The van der Waals surface area contributed by atoms with Crippen molar-refractivity contribution in [3.63, 3.8) is 0 Å². The summed E-state index contributed by atoms with van der Waals surface area (Å²) in [7, 11) is 0. The number of carbonyl (C=O) groups excluding carboxylic acids is 1. The lowest BCUT2D eigenvalue weighted by Crippen LogP contribution is -2.58. The Morgan fingerprint density at radius 3 is 2.60 bits per heavy atom. The minimum absolute atomic E-state index is 0.0544. The Morgan fingerprint density at radius 2 is 2.00 bits per heavy atom. The molecule has 86 valence electrons. The summed E-state index contributed by atoms with van der Waals surface area (Å²) in [6.07, 6.45) is 2.09. The first-order valence-electron chi connectivity index (χ1n) is 5.46. The van der Waals surface area contributed by atoms with Crippen molar-refractivity contribution in [1.29, 1.82) is 0 Å². The largest absolute Gasteiger partial charge is 0.381 e. The van der Waals surface area contributed by atoms with Gasteiger partial charge < -0.3 is 20.5 Å². The van der Waals surface area contributed by atoms with Gasteiger partial charge in [-0.2, -0.15) is 0 Å². The third-order valence-corrected chi connectivity index (χ3v) is 3.10. The summed E-state index contributed by atoms with van der Waals surface area (Å²) >= 11 is 0. The molecule has 0 spiro atoms. The molecule has 2 aliphatic heterocycles. The Kier molecular flexibility index (Phi) is 3.23. The molecule has 2 aliphatic rings. The van der Waals surface area contributed by atoms with Crippen molar-refractivity contribution < 1.29 is 14.3 Å². The van der Waals surface area contributed by atoms with Gasteiger partial charge in [0.25, 0.3) is 0 Å². The Labute approximate surface area is 89.3 Å². The summed E-state index contributed by atoms with van der Waals surface area (Å²) in [5, 5.41) is 2.94. The monoisotopic (exact) mass is 214 g/mol. The molecule has 0 radical (unpaired) electrons. The van der Waals surface area contributed by atoms with Crippen LogP contribution in [0.3, 0.4) is 0 Å². The van der Waals surface area contributed by atoms with Crippen molar-refractivity contribution in [2.75, 3.05) is 26.4 Å². The maximum atomic E-state index is 11.9. The Morgan fingerprint density at radius 1 is 1.27 bits per heavy atom. The summed E-state index contributed by atoms with van der Waals surface area (Å²) in [4.78, 5) is 11.9. The summed E-state index contributed by atoms with van der Waals surface area (Å²) in [5.41, 5.74) is 5.31. The van der Waals surface area contributed by atoms with E-state index in [2.05, 4.69) is 5.32 Å². The van der Waals surface area contributed by atoms with Gasteiger partial charge in [-0.25, -0.2) is 0 Å². The number of carbonyl (C=O) groups is 1. The number of ether oxygens (including phenoxy) is 2. The zero-order chi connectivity index (χ0) is 10.7. The van der Waals surface area contributed by atoms with Crippen LogP contribution < -0.4 is 11.1 Å². The first-order valence-corrected chi connectivity index (χ1v) is 5.46. The van der Waals surface area contributed by atoms with E-state index >= 15 is 0 Å². The SMILES string of the molecule is NC1(C(=O)NC2CCOC2)CCOCC1. The molecule has 1 unspecified atom stereocenters. The summed E-state index contributed by atoms with van der Waals surface area (Å²) in [5.74, 6) is -0.0544. The molecule has 2 saturated heterocycles. The van der Waals surface area contributed by atoms with Crippen molar-refractivity contribution in [3.8, 4) is 0 Å². The highest BCUT2D eigenvalue weighted by Gasteiger charge is 2.37. The second-order valence-electron chi connectivity index (χ2n) is 4.30. The van der Waals surface area contributed by atoms with E-state index in [4.69, 9.17) is 15.2 Å². The fraction of sp³-hybridized carbons (Fsp3) is 0.900. The van der Waals surface area contributed by atoms with E-state index in [0.717, 1.165) is 13.0 Å². The smallest absolute Gasteiger partial charge is 0.240 e. The summed E-state index contributed by atoms with van der Waals surface area (Å²) in [6.45, 7) is 2.49. The molecule has 1 amide bonds. The minimum atomic E-state index is -0.735. The van der Waals surface area contributed by atoms with E-state index in [-0.39, 0.29) is 11.9 Å². The molecule has 2 fully saturated rings. The summed E-state index contributed by atoms with van der Waals surface area (Å²) < 4.78 is 10.4. The highest BCUT2D eigenvalue weighted by Crippen LogP contribution is 2.18. The van der Waals surface area contributed by atoms with Crippen LogP contribution in [0.15, 0.2) is 0 Å². The number of hydrogen-bond acceptors (Lipinski definition) is 4.